The third-order valence-corrected chi connectivity index (χ3v) is 6.56. The molecule has 0 unspecified atom stereocenters. The molecular weight excluding hydrogens is 404 g/mol. The minimum atomic E-state index is -0.0576. The van der Waals surface area contributed by atoms with Crippen LogP contribution in [0.1, 0.15) is 18.9 Å². The molecule has 0 amide bonds. The van der Waals surface area contributed by atoms with E-state index in [1.54, 1.807) is 22.7 Å². The molecule has 2 fully saturated rings. The maximum absolute atomic E-state index is 12.9. The smallest absolute Gasteiger partial charge is 0.350 e. The summed E-state index contributed by atoms with van der Waals surface area (Å²) in [5.41, 5.74) is 3.21. The van der Waals surface area contributed by atoms with Gasteiger partial charge in [0.15, 0.2) is 0 Å². The summed E-state index contributed by atoms with van der Waals surface area (Å²) in [4.78, 5) is 17.7. The Bertz CT molecular complexity index is 1070. The summed E-state index contributed by atoms with van der Waals surface area (Å²) in [6, 6.07) is 16.7. The van der Waals surface area contributed by atoms with Crippen molar-refractivity contribution in [2.24, 2.45) is 0 Å². The summed E-state index contributed by atoms with van der Waals surface area (Å²) in [5, 5.41) is 7.73. The number of rotatable bonds is 5. The molecule has 3 aromatic rings. The van der Waals surface area contributed by atoms with Gasteiger partial charge in [-0.15, -0.1) is 0 Å². The van der Waals surface area contributed by atoms with E-state index in [0.29, 0.717) is 0 Å². The maximum atomic E-state index is 12.9. The van der Waals surface area contributed by atoms with E-state index < -0.39 is 0 Å². The van der Waals surface area contributed by atoms with Crippen molar-refractivity contribution in [1.29, 1.82) is 0 Å². The lowest BCUT2D eigenvalue weighted by Crippen LogP contribution is -2.46. The molecule has 0 radical (unpaired) electrons. The molecule has 0 saturated carbocycles. The van der Waals surface area contributed by atoms with Crippen LogP contribution in [-0.4, -0.2) is 60.7 Å². The Morgan fingerprint density at radius 3 is 1.94 bits per heavy atom. The van der Waals surface area contributed by atoms with Crippen LogP contribution in [0.3, 0.4) is 0 Å². The van der Waals surface area contributed by atoms with Crippen LogP contribution in [0, 0.1) is 0 Å². The lowest BCUT2D eigenvalue weighted by Gasteiger charge is -2.37. The van der Waals surface area contributed by atoms with Gasteiger partial charge in [0.2, 0.25) is 0 Å². The Kier molecular flexibility index (Phi) is 5.85. The van der Waals surface area contributed by atoms with E-state index in [9.17, 15) is 4.79 Å². The number of nitrogens with one attached hydrogen (secondary N) is 1. The fourth-order valence-corrected chi connectivity index (χ4v) is 4.64. The van der Waals surface area contributed by atoms with Gasteiger partial charge >= 0.3 is 5.69 Å². The quantitative estimate of drug-likeness (QED) is 0.665. The van der Waals surface area contributed by atoms with Gasteiger partial charge in [-0.05, 0) is 74.5 Å². The van der Waals surface area contributed by atoms with Gasteiger partial charge < -0.3 is 19.9 Å². The van der Waals surface area contributed by atoms with E-state index in [4.69, 9.17) is 4.74 Å². The van der Waals surface area contributed by atoms with E-state index in [2.05, 4.69) is 44.5 Å². The average Bonchev–Trinajstić information content (AvgIpc) is 3.26. The van der Waals surface area contributed by atoms with E-state index in [-0.39, 0.29) is 11.7 Å². The zero-order chi connectivity index (χ0) is 21.9. The zero-order valence-corrected chi connectivity index (χ0v) is 18.5. The average molecular weight is 435 g/mol. The molecule has 0 atom stereocenters. The molecule has 168 valence electrons. The number of anilines is 2. The lowest BCUT2D eigenvalue weighted by molar-refractivity contribution is 0.334. The predicted octanol–water partition coefficient (Wildman–Crippen LogP) is 2.29. The first kappa shape index (κ1) is 20.6. The van der Waals surface area contributed by atoms with Crippen LogP contribution >= 0.6 is 0 Å². The molecule has 0 spiro atoms. The number of benzene rings is 2. The molecule has 32 heavy (non-hydrogen) atoms. The standard InChI is InChI=1S/C24H30N6O2/c1-32-23-8-6-20(7-9-23)28-16-14-27(15-17-28)19-2-4-21(5-3-19)29-18-26-30(24(29)31)22-10-12-25-13-11-22/h2-9,18,22,25H,10-17H2,1H3. The SMILES string of the molecule is COc1ccc(N2CCN(c3ccc(-n4cnn(C5CCNCC5)c4=O)cc3)CC2)cc1. The summed E-state index contributed by atoms with van der Waals surface area (Å²) >= 11 is 0. The second-order valence-corrected chi connectivity index (χ2v) is 8.40. The van der Waals surface area contributed by atoms with Crippen LogP contribution in [0.5, 0.6) is 5.75 Å². The van der Waals surface area contributed by atoms with Crippen molar-refractivity contribution in [3.05, 3.63) is 65.3 Å². The first-order chi connectivity index (χ1) is 15.7. The summed E-state index contributed by atoms with van der Waals surface area (Å²) in [5.74, 6) is 0.882. The van der Waals surface area contributed by atoms with Crippen molar-refractivity contribution in [2.75, 3.05) is 56.2 Å². The van der Waals surface area contributed by atoms with Crippen LogP contribution in [0.2, 0.25) is 0 Å². The summed E-state index contributed by atoms with van der Waals surface area (Å²) in [6.45, 7) is 5.72. The Balaban J connectivity index is 1.24. The van der Waals surface area contributed by atoms with Gasteiger partial charge in [-0.1, -0.05) is 0 Å². The molecule has 5 rings (SSSR count). The molecule has 0 bridgehead atoms. The third kappa shape index (κ3) is 4.10. The van der Waals surface area contributed by atoms with Gasteiger partial charge in [0.05, 0.1) is 18.8 Å². The van der Waals surface area contributed by atoms with Gasteiger partial charge in [0.25, 0.3) is 0 Å². The second-order valence-electron chi connectivity index (χ2n) is 8.40. The highest BCUT2D eigenvalue weighted by atomic mass is 16.5. The number of nitrogens with zero attached hydrogens (tertiary/aromatic N) is 5. The highest BCUT2D eigenvalue weighted by Gasteiger charge is 2.20. The summed E-state index contributed by atoms with van der Waals surface area (Å²) < 4.78 is 8.55. The molecule has 1 N–H and O–H groups in total. The van der Waals surface area contributed by atoms with Crippen LogP contribution < -0.4 is 25.5 Å². The lowest BCUT2D eigenvalue weighted by atomic mass is 10.1. The number of aromatic nitrogens is 3. The van der Waals surface area contributed by atoms with Gasteiger partial charge in [-0.2, -0.15) is 5.10 Å². The van der Waals surface area contributed by atoms with Crippen molar-refractivity contribution >= 4 is 11.4 Å². The molecular formula is C24H30N6O2. The Labute approximate surface area is 188 Å². The van der Waals surface area contributed by atoms with Crippen molar-refractivity contribution in [1.82, 2.24) is 19.7 Å². The predicted molar refractivity (Wildman–Crippen MR) is 126 cm³/mol. The highest BCUT2D eigenvalue weighted by molar-refractivity contribution is 5.54. The third-order valence-electron chi connectivity index (χ3n) is 6.56. The molecule has 0 aliphatic carbocycles. The van der Waals surface area contributed by atoms with Crippen LogP contribution in [-0.2, 0) is 0 Å². The fraction of sp³-hybridized carbons (Fsp3) is 0.417. The van der Waals surface area contributed by atoms with Crippen molar-refractivity contribution in [3.63, 3.8) is 0 Å². The number of methoxy groups -OCH3 is 1. The minimum Gasteiger partial charge on any atom is -0.497 e. The number of hydrogen-bond acceptors (Lipinski definition) is 6. The van der Waals surface area contributed by atoms with Crippen LogP contribution in [0.4, 0.5) is 11.4 Å². The minimum absolute atomic E-state index is 0.0576. The largest absolute Gasteiger partial charge is 0.497 e. The first-order valence-electron chi connectivity index (χ1n) is 11.3. The zero-order valence-electron chi connectivity index (χ0n) is 18.5. The molecule has 2 aliphatic rings. The van der Waals surface area contributed by atoms with E-state index >= 15 is 0 Å². The van der Waals surface area contributed by atoms with E-state index in [1.165, 1.54) is 11.4 Å². The Morgan fingerprint density at radius 2 is 1.38 bits per heavy atom. The first-order valence-corrected chi connectivity index (χ1v) is 11.3. The van der Waals surface area contributed by atoms with E-state index in [0.717, 1.165) is 63.5 Å². The Hall–Kier alpha value is -3.26. The molecule has 8 heteroatoms. The van der Waals surface area contributed by atoms with Crippen LogP contribution in [0.25, 0.3) is 5.69 Å². The molecule has 2 saturated heterocycles. The normalized spacial score (nSPS) is 17.5. The number of piperidine rings is 1. The second kappa shape index (κ2) is 9.08. The van der Waals surface area contributed by atoms with Gasteiger partial charge in [0, 0.05) is 37.6 Å². The summed E-state index contributed by atoms with van der Waals surface area (Å²) in [7, 11) is 1.69. The number of piperazine rings is 1. The number of hydrogen-bond donors (Lipinski definition) is 1. The maximum Gasteiger partial charge on any atom is 0.350 e. The van der Waals surface area contributed by atoms with Gasteiger partial charge in [-0.25, -0.2) is 14.0 Å². The molecule has 3 heterocycles. The fourth-order valence-electron chi connectivity index (χ4n) is 4.64. The van der Waals surface area contributed by atoms with Crippen molar-refractivity contribution in [3.8, 4) is 11.4 Å². The summed E-state index contributed by atoms with van der Waals surface area (Å²) in [6.07, 6.45) is 3.53. The van der Waals surface area contributed by atoms with Crippen molar-refractivity contribution in [2.45, 2.75) is 18.9 Å². The monoisotopic (exact) mass is 434 g/mol. The highest BCUT2D eigenvalue weighted by Crippen LogP contribution is 2.23. The van der Waals surface area contributed by atoms with E-state index in [1.807, 2.05) is 24.3 Å². The topological polar surface area (TPSA) is 67.6 Å². The Morgan fingerprint density at radius 1 is 0.844 bits per heavy atom. The molecule has 1 aromatic heterocycles. The molecule has 2 aromatic carbocycles. The van der Waals surface area contributed by atoms with Crippen molar-refractivity contribution < 1.29 is 4.74 Å². The van der Waals surface area contributed by atoms with Crippen LogP contribution in [0.15, 0.2) is 59.7 Å². The van der Waals surface area contributed by atoms with Gasteiger partial charge in [-0.3, -0.25) is 0 Å². The molecule has 8 nitrogen and oxygen atoms in total. The number of ether oxygens (including phenoxy) is 1. The van der Waals surface area contributed by atoms with Gasteiger partial charge in [0.1, 0.15) is 12.1 Å². The molecule has 2 aliphatic heterocycles.